The molecule has 0 aliphatic carbocycles. The summed E-state index contributed by atoms with van der Waals surface area (Å²) in [5.74, 6) is -0.660. The third-order valence-corrected chi connectivity index (χ3v) is 1.82. The van der Waals surface area contributed by atoms with E-state index in [1.807, 2.05) is 13.8 Å². The lowest BCUT2D eigenvalue weighted by molar-refractivity contribution is -0.123. The highest BCUT2D eigenvalue weighted by molar-refractivity contribution is 5.95. The summed E-state index contributed by atoms with van der Waals surface area (Å²) >= 11 is 0. The van der Waals surface area contributed by atoms with Crippen LogP contribution in [0.15, 0.2) is 6.20 Å². The molecule has 1 aromatic rings. The van der Waals surface area contributed by atoms with Crippen molar-refractivity contribution in [2.24, 2.45) is 0 Å². The van der Waals surface area contributed by atoms with Gasteiger partial charge in [0, 0.05) is 6.04 Å². The monoisotopic (exact) mass is 225 g/mol. The summed E-state index contributed by atoms with van der Waals surface area (Å²) in [5.41, 5.74) is 0.157. The molecule has 1 atom stereocenters. The normalized spacial score (nSPS) is 12.2. The Morgan fingerprint density at radius 3 is 2.50 bits per heavy atom. The number of hydrogen-bond donors (Lipinski definition) is 3. The quantitative estimate of drug-likeness (QED) is 0.640. The van der Waals surface area contributed by atoms with E-state index in [0.717, 1.165) is 0 Å². The molecule has 0 aliphatic heterocycles. The zero-order valence-corrected chi connectivity index (χ0v) is 9.44. The van der Waals surface area contributed by atoms with Gasteiger partial charge in [0.15, 0.2) is 5.69 Å². The molecule has 0 fully saturated rings. The molecule has 1 rings (SSSR count). The molecule has 0 aromatic carbocycles. The van der Waals surface area contributed by atoms with Gasteiger partial charge in [-0.25, -0.2) is 0 Å². The molecule has 7 heteroatoms. The fraction of sp³-hybridized carbons (Fsp3) is 0.556. The largest absolute Gasteiger partial charge is 0.352 e. The molecule has 0 aliphatic rings. The second kappa shape index (κ2) is 5.24. The van der Waals surface area contributed by atoms with E-state index in [0.29, 0.717) is 0 Å². The molecule has 0 saturated heterocycles. The Labute approximate surface area is 93.0 Å². The number of carbonyl (C=O) groups excluding carboxylic acids is 2. The summed E-state index contributed by atoms with van der Waals surface area (Å²) in [5, 5.41) is 14.6. The third kappa shape index (κ3) is 3.34. The molecule has 0 bridgehead atoms. The number of hydrogen-bond acceptors (Lipinski definition) is 4. The summed E-state index contributed by atoms with van der Waals surface area (Å²) < 4.78 is 0. The molecule has 7 nitrogen and oxygen atoms in total. The van der Waals surface area contributed by atoms with Crippen LogP contribution in [0.25, 0.3) is 0 Å². The van der Waals surface area contributed by atoms with E-state index < -0.39 is 11.9 Å². The highest BCUT2D eigenvalue weighted by atomic mass is 16.2. The van der Waals surface area contributed by atoms with E-state index in [1.54, 1.807) is 6.92 Å². The predicted octanol–water partition coefficient (Wildman–Crippen LogP) is -0.552. The highest BCUT2D eigenvalue weighted by Gasteiger charge is 2.18. The van der Waals surface area contributed by atoms with E-state index in [1.165, 1.54) is 6.20 Å². The second-order valence-electron chi connectivity index (χ2n) is 3.71. The van der Waals surface area contributed by atoms with Crippen LogP contribution in [0.5, 0.6) is 0 Å². The lowest BCUT2D eigenvalue weighted by atomic mass is 10.2. The lowest BCUT2D eigenvalue weighted by Crippen LogP contribution is -2.46. The summed E-state index contributed by atoms with van der Waals surface area (Å²) in [7, 11) is 0. The Hall–Kier alpha value is -1.92. The van der Waals surface area contributed by atoms with Crippen molar-refractivity contribution >= 4 is 11.8 Å². The lowest BCUT2D eigenvalue weighted by Gasteiger charge is -2.15. The number of carbonyl (C=O) groups is 2. The Bertz CT molecular complexity index is 360. The molecule has 2 amide bonds. The fourth-order valence-corrected chi connectivity index (χ4v) is 1.06. The Kier molecular flexibility index (Phi) is 3.98. The number of nitrogens with zero attached hydrogens (tertiary/aromatic N) is 2. The standard InChI is InChI=1S/C9H15N5O2/c1-5(2)11-8(15)6(3)12-9(16)7-4-10-14-13-7/h4-6H,1-3H3,(H,11,15)(H,12,16)(H,10,13,14). The van der Waals surface area contributed by atoms with Gasteiger partial charge in [-0.15, -0.1) is 0 Å². The van der Waals surface area contributed by atoms with Crippen LogP contribution in [0.2, 0.25) is 0 Å². The van der Waals surface area contributed by atoms with E-state index in [2.05, 4.69) is 26.0 Å². The van der Waals surface area contributed by atoms with E-state index in [-0.39, 0.29) is 17.6 Å². The van der Waals surface area contributed by atoms with Crippen LogP contribution in [0, 0.1) is 0 Å². The molecule has 0 radical (unpaired) electrons. The van der Waals surface area contributed by atoms with Gasteiger partial charge in [-0.2, -0.15) is 15.4 Å². The number of amides is 2. The molecule has 3 N–H and O–H groups in total. The Morgan fingerprint density at radius 2 is 2.00 bits per heavy atom. The van der Waals surface area contributed by atoms with Crippen molar-refractivity contribution in [2.75, 3.05) is 0 Å². The Morgan fingerprint density at radius 1 is 1.31 bits per heavy atom. The van der Waals surface area contributed by atoms with Crippen molar-refractivity contribution in [3.05, 3.63) is 11.9 Å². The minimum Gasteiger partial charge on any atom is -0.352 e. The first-order valence-corrected chi connectivity index (χ1v) is 4.97. The van der Waals surface area contributed by atoms with Crippen LogP contribution in [0.3, 0.4) is 0 Å². The van der Waals surface area contributed by atoms with Crippen molar-refractivity contribution < 1.29 is 9.59 Å². The van der Waals surface area contributed by atoms with Gasteiger partial charge in [-0.3, -0.25) is 9.59 Å². The van der Waals surface area contributed by atoms with Gasteiger partial charge in [0.2, 0.25) is 5.91 Å². The average molecular weight is 225 g/mol. The van der Waals surface area contributed by atoms with E-state index >= 15 is 0 Å². The minimum atomic E-state index is -0.605. The Balaban J connectivity index is 2.48. The van der Waals surface area contributed by atoms with Gasteiger partial charge < -0.3 is 10.6 Å². The van der Waals surface area contributed by atoms with Crippen molar-refractivity contribution in [1.29, 1.82) is 0 Å². The van der Waals surface area contributed by atoms with Crippen LogP contribution in [0.1, 0.15) is 31.3 Å². The zero-order chi connectivity index (χ0) is 12.1. The molecule has 0 spiro atoms. The molecule has 16 heavy (non-hydrogen) atoms. The third-order valence-electron chi connectivity index (χ3n) is 1.82. The topological polar surface area (TPSA) is 99.8 Å². The molecule has 1 aromatic heterocycles. The highest BCUT2D eigenvalue weighted by Crippen LogP contribution is 1.91. The summed E-state index contributed by atoms with van der Waals surface area (Å²) in [4.78, 5) is 23.0. The maximum absolute atomic E-state index is 11.5. The maximum atomic E-state index is 11.5. The second-order valence-corrected chi connectivity index (χ2v) is 3.71. The molecular weight excluding hydrogens is 210 g/mol. The van der Waals surface area contributed by atoms with Gasteiger partial charge in [-0.05, 0) is 20.8 Å². The minimum absolute atomic E-state index is 0.0407. The van der Waals surface area contributed by atoms with Gasteiger partial charge >= 0.3 is 0 Å². The molecular formula is C9H15N5O2. The fourth-order valence-electron chi connectivity index (χ4n) is 1.06. The van der Waals surface area contributed by atoms with Gasteiger partial charge in [-0.1, -0.05) is 0 Å². The molecule has 0 saturated carbocycles. The van der Waals surface area contributed by atoms with Crippen molar-refractivity contribution in [1.82, 2.24) is 26.0 Å². The molecule has 1 heterocycles. The summed E-state index contributed by atoms with van der Waals surface area (Å²) in [6, 6.07) is -0.564. The van der Waals surface area contributed by atoms with Gasteiger partial charge in [0.05, 0.1) is 6.20 Å². The number of H-pyrrole nitrogens is 1. The van der Waals surface area contributed by atoms with Crippen LogP contribution < -0.4 is 10.6 Å². The first kappa shape index (κ1) is 12.2. The van der Waals surface area contributed by atoms with Gasteiger partial charge in [0.25, 0.3) is 5.91 Å². The number of aromatic amines is 1. The van der Waals surface area contributed by atoms with Crippen molar-refractivity contribution in [2.45, 2.75) is 32.9 Å². The number of aromatic nitrogens is 3. The average Bonchev–Trinajstić information content (AvgIpc) is 2.68. The smallest absolute Gasteiger partial charge is 0.274 e. The predicted molar refractivity (Wildman–Crippen MR) is 56.6 cm³/mol. The first-order valence-electron chi connectivity index (χ1n) is 4.97. The zero-order valence-electron chi connectivity index (χ0n) is 9.44. The summed E-state index contributed by atoms with van der Waals surface area (Å²) in [6.07, 6.45) is 1.29. The SMILES string of the molecule is CC(C)NC(=O)C(C)NC(=O)c1cn[nH]n1. The van der Waals surface area contributed by atoms with E-state index in [4.69, 9.17) is 0 Å². The summed E-state index contributed by atoms with van der Waals surface area (Å²) in [6.45, 7) is 5.31. The maximum Gasteiger partial charge on any atom is 0.274 e. The van der Waals surface area contributed by atoms with E-state index in [9.17, 15) is 9.59 Å². The van der Waals surface area contributed by atoms with Crippen molar-refractivity contribution in [3.8, 4) is 0 Å². The van der Waals surface area contributed by atoms with Crippen LogP contribution in [-0.4, -0.2) is 39.3 Å². The van der Waals surface area contributed by atoms with Crippen molar-refractivity contribution in [3.63, 3.8) is 0 Å². The van der Waals surface area contributed by atoms with Crippen LogP contribution in [0.4, 0.5) is 0 Å². The molecule has 88 valence electrons. The number of rotatable bonds is 4. The first-order chi connectivity index (χ1) is 7.50. The van der Waals surface area contributed by atoms with Crippen LogP contribution in [-0.2, 0) is 4.79 Å². The number of nitrogens with one attached hydrogen (secondary N) is 3. The van der Waals surface area contributed by atoms with Crippen LogP contribution >= 0.6 is 0 Å². The van der Waals surface area contributed by atoms with Gasteiger partial charge in [0.1, 0.15) is 6.04 Å². The molecule has 1 unspecified atom stereocenters.